The molecule has 1 unspecified atom stereocenters. The minimum Gasteiger partial charge on any atom is -0.508 e. The van der Waals surface area contributed by atoms with E-state index in [-0.39, 0.29) is 36.8 Å². The number of rotatable bonds is 12. The van der Waals surface area contributed by atoms with Crippen LogP contribution >= 0.6 is 0 Å². The Labute approximate surface area is 309 Å². The van der Waals surface area contributed by atoms with Crippen molar-refractivity contribution in [3.05, 3.63) is 112 Å². The van der Waals surface area contributed by atoms with Gasteiger partial charge in [-0.15, -0.1) is 0 Å². The first-order valence-corrected chi connectivity index (χ1v) is 16.8. The van der Waals surface area contributed by atoms with E-state index in [0.29, 0.717) is 11.1 Å². The molecule has 0 spiro atoms. The van der Waals surface area contributed by atoms with Gasteiger partial charge in [0.05, 0.1) is 6.61 Å². The molecule has 6 N–H and O–H groups in total. The number of aliphatic hydroxyl groups is 2. The second kappa shape index (κ2) is 16.4. The van der Waals surface area contributed by atoms with E-state index in [2.05, 4.69) is 0 Å². The number of phenols is 4. The Hall–Kier alpha value is -6.23. The van der Waals surface area contributed by atoms with E-state index in [1.54, 1.807) is 0 Å². The zero-order valence-electron chi connectivity index (χ0n) is 28.6. The van der Waals surface area contributed by atoms with Crippen molar-refractivity contribution < 1.29 is 72.4 Å². The third kappa shape index (κ3) is 8.78. The van der Waals surface area contributed by atoms with Crippen LogP contribution < -0.4 is 10.2 Å². The molecule has 1 aliphatic heterocycles. The first-order chi connectivity index (χ1) is 26.3. The van der Waals surface area contributed by atoms with Crippen molar-refractivity contribution in [2.24, 2.45) is 0 Å². The van der Waals surface area contributed by atoms with Gasteiger partial charge >= 0.3 is 11.9 Å². The molecule has 1 fully saturated rings. The van der Waals surface area contributed by atoms with E-state index in [1.165, 1.54) is 54.6 Å². The fourth-order valence-electron chi connectivity index (χ4n) is 5.96. The summed E-state index contributed by atoms with van der Waals surface area (Å²) >= 11 is 0. The van der Waals surface area contributed by atoms with E-state index in [1.807, 2.05) is 0 Å². The fraction of sp³-hybridized carbons (Fsp3) is 0.256. The van der Waals surface area contributed by atoms with E-state index >= 15 is 0 Å². The molecular weight excluding hydrogens is 730 g/mol. The number of phenolic OH excluding ortho intramolecular Hbond substituents is 4. The summed E-state index contributed by atoms with van der Waals surface area (Å²) in [6, 6.07) is 15.8. The van der Waals surface area contributed by atoms with Crippen LogP contribution in [0.1, 0.15) is 24.0 Å². The standard InChI is InChI=1S/C39H34F2O14/c40-22-8-1-19(2-9-22)5-13-30(47)53-36-33(49)29(18-42)52-39(38(36)54-31(48)14-6-20-3-10-23(41)11-4-20)55-37-34(50)32-27(46)16-24(43)17-28(32)51-35(37)21-7-12-25(44)26(45)15-21/h1-4,7-12,15-17,29,33,36,38-39,42-46,49H,5-6,13-14,18H2/t29-,33?,36+,38+,39+/m1/s1. The summed E-state index contributed by atoms with van der Waals surface area (Å²) in [7, 11) is 0. The van der Waals surface area contributed by atoms with E-state index in [0.717, 1.165) is 24.3 Å². The molecule has 1 aliphatic rings. The molecule has 0 radical (unpaired) electrons. The van der Waals surface area contributed by atoms with E-state index in [9.17, 15) is 53.8 Å². The molecule has 1 saturated heterocycles. The lowest BCUT2D eigenvalue weighted by Gasteiger charge is -2.42. The van der Waals surface area contributed by atoms with Gasteiger partial charge in [-0.25, -0.2) is 8.78 Å². The zero-order valence-corrected chi connectivity index (χ0v) is 28.6. The van der Waals surface area contributed by atoms with Crippen molar-refractivity contribution in [3.63, 3.8) is 0 Å². The molecule has 14 nitrogen and oxygen atoms in total. The number of esters is 2. The number of hydrogen-bond donors (Lipinski definition) is 6. The second-order valence-electron chi connectivity index (χ2n) is 12.6. The molecule has 0 saturated carbocycles. The molecule has 288 valence electrons. The highest BCUT2D eigenvalue weighted by molar-refractivity contribution is 5.88. The van der Waals surface area contributed by atoms with Gasteiger partial charge in [0.25, 0.3) is 0 Å². The first kappa shape index (κ1) is 38.5. The summed E-state index contributed by atoms with van der Waals surface area (Å²) < 4.78 is 56.0. The van der Waals surface area contributed by atoms with Gasteiger partial charge in [-0.1, -0.05) is 24.3 Å². The summed E-state index contributed by atoms with van der Waals surface area (Å²) in [4.78, 5) is 40.6. The van der Waals surface area contributed by atoms with Crippen molar-refractivity contribution in [2.75, 3.05) is 6.61 Å². The van der Waals surface area contributed by atoms with E-state index in [4.69, 9.17) is 23.4 Å². The van der Waals surface area contributed by atoms with Crippen molar-refractivity contribution in [1.82, 2.24) is 0 Å². The van der Waals surface area contributed by atoms with Crippen LogP contribution in [0.15, 0.2) is 88.1 Å². The van der Waals surface area contributed by atoms with Gasteiger partial charge in [0.2, 0.25) is 23.6 Å². The van der Waals surface area contributed by atoms with Gasteiger partial charge < -0.3 is 54.0 Å². The first-order valence-electron chi connectivity index (χ1n) is 16.8. The maximum atomic E-state index is 14.1. The zero-order chi connectivity index (χ0) is 39.4. The summed E-state index contributed by atoms with van der Waals surface area (Å²) in [6.45, 7) is -0.888. The van der Waals surface area contributed by atoms with Crippen LogP contribution in [-0.4, -0.2) is 79.9 Å². The highest BCUT2D eigenvalue weighted by atomic mass is 19.1. The van der Waals surface area contributed by atoms with Crippen LogP contribution in [-0.2, 0) is 36.6 Å². The number of halogens is 2. The van der Waals surface area contributed by atoms with Gasteiger partial charge in [0.1, 0.15) is 46.3 Å². The molecule has 0 amide bonds. The smallest absolute Gasteiger partial charge is 0.306 e. The summed E-state index contributed by atoms with van der Waals surface area (Å²) in [5, 5.41) is 61.9. The lowest BCUT2D eigenvalue weighted by atomic mass is 9.98. The number of carbonyl (C=O) groups excluding carboxylic acids is 2. The van der Waals surface area contributed by atoms with Gasteiger partial charge in [0.15, 0.2) is 23.4 Å². The van der Waals surface area contributed by atoms with Crippen LogP contribution in [0.5, 0.6) is 28.7 Å². The van der Waals surface area contributed by atoms with Crippen molar-refractivity contribution in [1.29, 1.82) is 0 Å². The average Bonchev–Trinajstić information content (AvgIpc) is 3.15. The second-order valence-corrected chi connectivity index (χ2v) is 12.6. The normalized spacial score (nSPS) is 19.5. The maximum Gasteiger partial charge on any atom is 0.306 e. The highest BCUT2D eigenvalue weighted by Gasteiger charge is 2.51. The molecule has 55 heavy (non-hydrogen) atoms. The minimum atomic E-state index is -1.95. The molecular formula is C39H34F2O14. The van der Waals surface area contributed by atoms with Crippen molar-refractivity contribution in [3.8, 4) is 40.1 Å². The van der Waals surface area contributed by atoms with Crippen LogP contribution in [0.3, 0.4) is 0 Å². The van der Waals surface area contributed by atoms with Crippen molar-refractivity contribution in [2.45, 2.75) is 56.4 Å². The van der Waals surface area contributed by atoms with Crippen LogP contribution in [0.25, 0.3) is 22.3 Å². The van der Waals surface area contributed by atoms with Crippen molar-refractivity contribution >= 4 is 22.9 Å². The average molecular weight is 765 g/mol. The lowest BCUT2D eigenvalue weighted by Crippen LogP contribution is -2.62. The number of aryl methyl sites for hydroxylation is 2. The number of carbonyl (C=O) groups is 2. The Balaban J connectivity index is 1.39. The Bertz CT molecular complexity index is 2240. The van der Waals surface area contributed by atoms with Crippen LogP contribution in [0.4, 0.5) is 8.78 Å². The fourth-order valence-corrected chi connectivity index (χ4v) is 5.96. The number of hydrogen-bond acceptors (Lipinski definition) is 14. The molecule has 4 aromatic carbocycles. The summed E-state index contributed by atoms with van der Waals surface area (Å²) in [5.41, 5.74) is -0.320. The van der Waals surface area contributed by atoms with Crippen LogP contribution in [0.2, 0.25) is 0 Å². The van der Waals surface area contributed by atoms with Gasteiger partial charge in [0, 0.05) is 30.5 Å². The molecule has 6 rings (SSSR count). The molecule has 16 heteroatoms. The van der Waals surface area contributed by atoms with E-state index < -0.39 is 106 Å². The number of benzene rings is 4. The molecule has 2 heterocycles. The molecule has 5 atom stereocenters. The van der Waals surface area contributed by atoms with Gasteiger partial charge in [-0.2, -0.15) is 0 Å². The molecule has 0 aliphatic carbocycles. The molecule has 5 aromatic rings. The lowest BCUT2D eigenvalue weighted by molar-refractivity contribution is -0.286. The minimum absolute atomic E-state index is 0.0665. The number of aromatic hydroxyl groups is 4. The van der Waals surface area contributed by atoms with Gasteiger partial charge in [-0.05, 0) is 66.4 Å². The Morgan fingerprint density at radius 3 is 1.87 bits per heavy atom. The largest absolute Gasteiger partial charge is 0.508 e. The quantitative estimate of drug-likeness (QED) is 0.0778. The topological polar surface area (TPSA) is 223 Å². The predicted molar refractivity (Wildman–Crippen MR) is 186 cm³/mol. The third-order valence-corrected chi connectivity index (χ3v) is 8.78. The Morgan fingerprint density at radius 1 is 0.727 bits per heavy atom. The number of aliphatic hydroxyl groups excluding tert-OH is 2. The van der Waals surface area contributed by atoms with Gasteiger partial charge in [-0.3, -0.25) is 14.4 Å². The predicted octanol–water partition coefficient (Wildman–Crippen LogP) is 4.11. The SMILES string of the molecule is O=C(CCc1ccc(F)cc1)O[C@@H]1[C@H](Oc2c(-c3ccc(O)c(O)c3)oc3cc(O)cc(O)c3c2=O)O[C@H](CO)C(O)[C@@H]1OC(=O)CCc1ccc(F)cc1. The van der Waals surface area contributed by atoms with Crippen LogP contribution in [0, 0.1) is 11.6 Å². The Morgan fingerprint density at radius 2 is 1.31 bits per heavy atom. The maximum absolute atomic E-state index is 14.1. The molecule has 1 aromatic heterocycles. The molecule has 0 bridgehead atoms. The monoisotopic (exact) mass is 764 g/mol. The third-order valence-electron chi connectivity index (χ3n) is 8.78. The summed E-state index contributed by atoms with van der Waals surface area (Å²) in [5.74, 6) is -6.36. The number of fused-ring (bicyclic) bond motifs is 1. The number of ether oxygens (including phenoxy) is 4. The Kier molecular flexibility index (Phi) is 11.5. The summed E-state index contributed by atoms with van der Waals surface area (Å²) in [6.07, 6.45) is -9.42. The highest BCUT2D eigenvalue weighted by Crippen LogP contribution is 2.40.